The molecule has 1 aliphatic rings. The van der Waals surface area contributed by atoms with Gasteiger partial charge in [-0.1, -0.05) is 6.58 Å². The van der Waals surface area contributed by atoms with Crippen LogP contribution in [0.1, 0.15) is 47.0 Å². The molecule has 1 saturated heterocycles. The summed E-state index contributed by atoms with van der Waals surface area (Å²) < 4.78 is 0. The van der Waals surface area contributed by atoms with Crippen molar-refractivity contribution in [2.45, 2.75) is 58.0 Å². The van der Waals surface area contributed by atoms with Crippen molar-refractivity contribution in [1.82, 2.24) is 5.06 Å². The number of hydroxylamine groups is 2. The average Bonchev–Trinajstić information content (AvgIpc) is 2.11. The van der Waals surface area contributed by atoms with Crippen molar-refractivity contribution in [2.24, 2.45) is 5.92 Å². The fraction of sp³-hybridized carbons (Fsp3) is 0.786. The van der Waals surface area contributed by atoms with Crippen molar-refractivity contribution >= 4 is 0 Å². The lowest BCUT2D eigenvalue weighted by atomic mass is 9.74. The van der Waals surface area contributed by atoms with Crippen LogP contribution in [0, 0.1) is 5.92 Å². The first-order valence-electron chi connectivity index (χ1n) is 6.02. The predicted octanol–water partition coefficient (Wildman–Crippen LogP) is 3.55. The third kappa shape index (κ3) is 2.76. The van der Waals surface area contributed by atoms with Crippen LogP contribution in [0.25, 0.3) is 0 Å². The topological polar surface area (TPSA) is 12.5 Å². The lowest BCUT2D eigenvalue weighted by Crippen LogP contribution is -2.59. The molecule has 0 saturated carbocycles. The van der Waals surface area contributed by atoms with E-state index in [0.717, 1.165) is 19.3 Å². The van der Waals surface area contributed by atoms with Gasteiger partial charge < -0.3 is 4.84 Å². The van der Waals surface area contributed by atoms with Crippen LogP contribution in [0.2, 0.25) is 0 Å². The zero-order chi connectivity index (χ0) is 12.4. The van der Waals surface area contributed by atoms with Gasteiger partial charge in [-0.2, -0.15) is 5.06 Å². The molecular formula is C14H25NO. The molecule has 0 amide bonds. The summed E-state index contributed by atoms with van der Waals surface area (Å²) in [5.41, 5.74) is 3.06. The van der Waals surface area contributed by atoms with Crippen molar-refractivity contribution < 1.29 is 4.84 Å². The Morgan fingerprint density at radius 3 is 2.19 bits per heavy atom. The van der Waals surface area contributed by atoms with Gasteiger partial charge in [0.25, 0.3) is 0 Å². The minimum Gasteiger partial charge on any atom is -0.301 e. The quantitative estimate of drug-likeness (QED) is 0.678. The highest BCUT2D eigenvalue weighted by atomic mass is 16.7. The van der Waals surface area contributed by atoms with E-state index < -0.39 is 0 Å². The van der Waals surface area contributed by atoms with Crippen molar-refractivity contribution in [3.05, 3.63) is 18.4 Å². The summed E-state index contributed by atoms with van der Waals surface area (Å²) >= 11 is 0. The molecule has 92 valence electrons. The van der Waals surface area contributed by atoms with Crippen molar-refractivity contribution in [2.75, 3.05) is 7.11 Å². The number of allylic oxidation sites excluding steroid dienone is 1. The van der Waals surface area contributed by atoms with Gasteiger partial charge in [0, 0.05) is 11.1 Å². The Bertz CT molecular complexity index is 269. The van der Waals surface area contributed by atoms with Crippen LogP contribution in [0.4, 0.5) is 0 Å². The monoisotopic (exact) mass is 223 g/mol. The molecule has 0 unspecified atom stereocenters. The summed E-state index contributed by atoms with van der Waals surface area (Å²) in [5, 5.41) is 2.15. The van der Waals surface area contributed by atoms with Crippen molar-refractivity contribution in [3.63, 3.8) is 0 Å². The molecule has 1 fully saturated rings. The second kappa shape index (κ2) is 4.75. The molecule has 0 bridgehead atoms. The van der Waals surface area contributed by atoms with E-state index in [2.05, 4.69) is 51.1 Å². The Hall–Kier alpha value is -0.560. The normalized spacial score (nSPS) is 25.1. The number of piperidine rings is 1. The summed E-state index contributed by atoms with van der Waals surface area (Å²) in [5.74, 6) is 0.700. The van der Waals surface area contributed by atoms with E-state index in [4.69, 9.17) is 4.84 Å². The Morgan fingerprint density at radius 1 is 1.31 bits per heavy atom. The number of hydrogen-bond acceptors (Lipinski definition) is 2. The van der Waals surface area contributed by atoms with Crippen molar-refractivity contribution in [3.8, 4) is 0 Å². The Balaban J connectivity index is 2.84. The molecule has 0 aromatic heterocycles. The summed E-state index contributed by atoms with van der Waals surface area (Å²) in [6.07, 6.45) is 5.44. The summed E-state index contributed by atoms with van der Waals surface area (Å²) in [4.78, 5) is 5.57. The summed E-state index contributed by atoms with van der Waals surface area (Å²) in [7, 11) is 1.77. The smallest absolute Gasteiger partial charge is 0.0575 e. The highest BCUT2D eigenvalue weighted by molar-refractivity contribution is 4.98. The number of hydrogen-bond donors (Lipinski definition) is 0. The van der Waals surface area contributed by atoms with Gasteiger partial charge in [0.1, 0.15) is 0 Å². The molecule has 0 aromatic rings. The molecular weight excluding hydrogens is 198 g/mol. The number of nitrogens with zero attached hydrogens (tertiary/aromatic N) is 1. The van der Waals surface area contributed by atoms with Gasteiger partial charge in [-0.05, 0) is 59.0 Å². The molecule has 0 atom stereocenters. The standard InChI is InChI=1S/C14H25NO/c1-7-8-9-12-10-13(2,3)15(16-6)14(4,5)11-12/h8,12H,1,9-11H2,2-6H3. The minimum atomic E-state index is 0.0934. The predicted molar refractivity (Wildman–Crippen MR) is 68.1 cm³/mol. The molecule has 0 N–H and O–H groups in total. The molecule has 2 heteroatoms. The Kier molecular flexibility index (Phi) is 4.01. The van der Waals surface area contributed by atoms with Crippen LogP contribution in [-0.4, -0.2) is 23.3 Å². The van der Waals surface area contributed by atoms with E-state index in [1.807, 2.05) is 0 Å². The maximum absolute atomic E-state index is 5.57. The molecule has 16 heavy (non-hydrogen) atoms. The summed E-state index contributed by atoms with van der Waals surface area (Å²) in [6, 6.07) is 0. The van der Waals surface area contributed by atoms with E-state index >= 15 is 0 Å². The summed E-state index contributed by atoms with van der Waals surface area (Å²) in [6.45, 7) is 12.6. The molecule has 0 aliphatic carbocycles. The first-order chi connectivity index (χ1) is 7.33. The third-order valence-electron chi connectivity index (χ3n) is 3.45. The molecule has 1 heterocycles. The lowest BCUT2D eigenvalue weighted by Gasteiger charge is -2.53. The van der Waals surface area contributed by atoms with E-state index in [1.54, 1.807) is 7.11 Å². The average molecular weight is 223 g/mol. The SMILES string of the molecule is C=C=CCC1CC(C)(C)N(OC)C(C)(C)C1. The molecule has 0 spiro atoms. The van der Waals surface area contributed by atoms with Gasteiger partial charge in [0.2, 0.25) is 0 Å². The second-order valence-corrected chi connectivity index (χ2v) is 6.02. The van der Waals surface area contributed by atoms with E-state index in [0.29, 0.717) is 5.92 Å². The van der Waals surface area contributed by atoms with Gasteiger partial charge in [-0.25, -0.2) is 0 Å². The Morgan fingerprint density at radius 2 is 1.81 bits per heavy atom. The van der Waals surface area contributed by atoms with Crippen LogP contribution in [0.15, 0.2) is 18.4 Å². The second-order valence-electron chi connectivity index (χ2n) is 6.02. The van der Waals surface area contributed by atoms with Crippen LogP contribution in [0.3, 0.4) is 0 Å². The van der Waals surface area contributed by atoms with Crippen molar-refractivity contribution in [1.29, 1.82) is 0 Å². The molecule has 1 aliphatic heterocycles. The lowest BCUT2D eigenvalue weighted by molar-refractivity contribution is -0.271. The highest BCUT2D eigenvalue weighted by Crippen LogP contribution is 2.42. The largest absolute Gasteiger partial charge is 0.301 e. The molecule has 2 nitrogen and oxygen atoms in total. The van der Waals surface area contributed by atoms with E-state index in [1.165, 1.54) is 0 Å². The van der Waals surface area contributed by atoms with Gasteiger partial charge in [0.05, 0.1) is 7.11 Å². The first kappa shape index (κ1) is 13.5. The van der Waals surface area contributed by atoms with Crippen LogP contribution >= 0.6 is 0 Å². The molecule has 1 rings (SSSR count). The minimum absolute atomic E-state index is 0.0934. The van der Waals surface area contributed by atoms with Gasteiger partial charge in [-0.15, -0.1) is 5.73 Å². The zero-order valence-electron chi connectivity index (χ0n) is 11.3. The first-order valence-corrected chi connectivity index (χ1v) is 6.02. The molecule has 0 radical (unpaired) electrons. The fourth-order valence-corrected chi connectivity index (χ4v) is 3.38. The fourth-order valence-electron chi connectivity index (χ4n) is 3.38. The number of rotatable bonds is 3. The van der Waals surface area contributed by atoms with E-state index in [-0.39, 0.29) is 11.1 Å². The maximum Gasteiger partial charge on any atom is 0.0575 e. The van der Waals surface area contributed by atoms with Gasteiger partial charge in [0.15, 0.2) is 0 Å². The molecule has 0 aromatic carbocycles. The highest BCUT2D eigenvalue weighted by Gasteiger charge is 2.45. The third-order valence-corrected chi connectivity index (χ3v) is 3.45. The van der Waals surface area contributed by atoms with Gasteiger partial charge >= 0.3 is 0 Å². The van der Waals surface area contributed by atoms with Crippen LogP contribution in [0.5, 0.6) is 0 Å². The zero-order valence-corrected chi connectivity index (χ0v) is 11.3. The van der Waals surface area contributed by atoms with Crippen LogP contribution < -0.4 is 0 Å². The Labute approximate surface area is 99.9 Å². The van der Waals surface area contributed by atoms with Crippen LogP contribution in [-0.2, 0) is 4.84 Å². The maximum atomic E-state index is 5.57. The van der Waals surface area contributed by atoms with Gasteiger partial charge in [-0.3, -0.25) is 0 Å². The van der Waals surface area contributed by atoms with E-state index in [9.17, 15) is 0 Å².